The highest BCUT2D eigenvalue weighted by Crippen LogP contribution is 2.53. The van der Waals surface area contributed by atoms with Crippen LogP contribution in [-0.4, -0.2) is 130 Å². The number of hydrogen-bond donors (Lipinski definition) is 0. The number of azide groups is 1. The minimum absolute atomic E-state index is 0.0497. The van der Waals surface area contributed by atoms with Crippen molar-refractivity contribution in [1.29, 1.82) is 0 Å². The Morgan fingerprint density at radius 1 is 0.487 bits per heavy atom. The van der Waals surface area contributed by atoms with E-state index >= 15 is 0 Å². The second-order valence-corrected chi connectivity index (χ2v) is 21.4. The van der Waals surface area contributed by atoms with Crippen LogP contribution in [0.15, 0.2) is 187 Å². The number of ether oxygens (including phenoxy) is 9. The van der Waals surface area contributed by atoms with Crippen LogP contribution in [0.1, 0.15) is 47.8 Å². The highest BCUT2D eigenvalue weighted by atomic mass is 31.2. The molecule has 6 aromatic rings. The number of benzene rings is 6. The van der Waals surface area contributed by atoms with Crippen molar-refractivity contribution in [2.24, 2.45) is 5.11 Å². The highest BCUT2D eigenvalue weighted by Gasteiger charge is 2.56. The Hall–Kier alpha value is -7.09. The van der Waals surface area contributed by atoms with Gasteiger partial charge in [-0.1, -0.05) is 151 Å². The molecule has 0 N–H and O–H groups in total. The largest absolute Gasteiger partial charge is 0.452 e. The van der Waals surface area contributed by atoms with E-state index in [0.29, 0.717) is 0 Å². The van der Waals surface area contributed by atoms with Crippen LogP contribution in [0.4, 0.5) is 0 Å². The maximum Gasteiger partial charge on any atom is 0.347 e. The topological polar surface area (TPSA) is 216 Å². The van der Waals surface area contributed by atoms with Crippen molar-refractivity contribution in [3.8, 4) is 0 Å². The molecule has 10 atom stereocenters. The number of carbonyl (C=O) groups excluding carboxylic acids is 3. The van der Waals surface area contributed by atoms with E-state index < -0.39 is 93.5 Å². The number of carbonyl (C=O) groups is 3. The average Bonchev–Trinajstić information content (AvgIpc) is 3.64. The Balaban J connectivity index is 1.20. The van der Waals surface area contributed by atoms with Gasteiger partial charge in [-0.2, -0.15) is 0 Å². The summed E-state index contributed by atoms with van der Waals surface area (Å²) in [7, 11) is 2.02. The van der Waals surface area contributed by atoms with Crippen LogP contribution in [-0.2, 0) is 71.5 Å². The minimum Gasteiger partial charge on any atom is -0.452 e. The average molecular weight is 1080 g/mol. The number of hydrogen-bond acceptors (Lipinski definition) is 15. The standard InChI is InChI=1S/C58H62N5O14P/c1-62(2)78(67,63(3)4)77-58-53(76-56(66)45-33-21-10-22-34-45)52(75-55(65)44-31-19-9-20-32-44)50(74-54(64)43-29-17-8-18-30-43)47(73-58)39-71-57-48(60-61-59)51(70-37-42-27-15-7-16-28-42)49(69-36-41-25-13-6-14-26-41)46(72-57)38-68-35-40-23-11-5-12-24-40/h5-34,46-53,57-58H,35-39H2,1-4H3/t46-,47-,48-,49-,50-,51-,52+,53-,57-,58-/m1/s1. The summed E-state index contributed by atoms with van der Waals surface area (Å²) >= 11 is 0. The molecule has 78 heavy (non-hydrogen) atoms. The van der Waals surface area contributed by atoms with Crippen molar-refractivity contribution in [2.45, 2.75) is 81.2 Å². The zero-order chi connectivity index (χ0) is 54.9. The van der Waals surface area contributed by atoms with Gasteiger partial charge in [-0.25, -0.2) is 23.7 Å². The van der Waals surface area contributed by atoms with Gasteiger partial charge in [0.2, 0.25) is 6.29 Å². The van der Waals surface area contributed by atoms with Gasteiger partial charge in [-0.15, -0.1) is 0 Å². The molecular weight excluding hydrogens is 1020 g/mol. The molecule has 408 valence electrons. The van der Waals surface area contributed by atoms with Gasteiger partial charge >= 0.3 is 25.6 Å². The first-order valence-electron chi connectivity index (χ1n) is 25.2. The molecule has 2 fully saturated rings. The quantitative estimate of drug-likeness (QED) is 0.0138. The normalized spacial score (nSPS) is 23.2. The first-order valence-corrected chi connectivity index (χ1v) is 26.8. The van der Waals surface area contributed by atoms with Crippen LogP contribution in [0.25, 0.3) is 10.4 Å². The molecule has 0 amide bonds. The Morgan fingerprint density at radius 3 is 1.32 bits per heavy atom. The van der Waals surface area contributed by atoms with Crippen LogP contribution in [0.5, 0.6) is 0 Å². The third-order valence-corrected chi connectivity index (χ3v) is 15.3. The third-order valence-electron chi connectivity index (χ3n) is 12.8. The van der Waals surface area contributed by atoms with Gasteiger partial charge in [0.15, 0.2) is 24.6 Å². The molecule has 0 saturated carbocycles. The van der Waals surface area contributed by atoms with E-state index in [1.165, 1.54) is 73.9 Å². The Morgan fingerprint density at radius 2 is 0.872 bits per heavy atom. The number of rotatable bonds is 24. The van der Waals surface area contributed by atoms with Crippen LogP contribution in [0.2, 0.25) is 0 Å². The van der Waals surface area contributed by atoms with E-state index in [1.54, 1.807) is 54.6 Å². The molecule has 2 saturated heterocycles. The van der Waals surface area contributed by atoms with E-state index in [9.17, 15) is 24.5 Å². The molecule has 2 aliphatic rings. The van der Waals surface area contributed by atoms with Crippen molar-refractivity contribution in [1.82, 2.24) is 9.34 Å². The van der Waals surface area contributed by atoms with Crippen molar-refractivity contribution in [3.63, 3.8) is 0 Å². The monoisotopic (exact) mass is 1080 g/mol. The van der Waals surface area contributed by atoms with Crippen LogP contribution < -0.4 is 0 Å². The molecule has 20 heteroatoms. The lowest BCUT2D eigenvalue weighted by Crippen LogP contribution is -2.64. The van der Waals surface area contributed by atoms with Gasteiger partial charge in [-0.05, 0) is 86.8 Å². The first-order chi connectivity index (χ1) is 37.9. The summed E-state index contributed by atoms with van der Waals surface area (Å²) in [6.07, 6.45) is -12.9. The van der Waals surface area contributed by atoms with Gasteiger partial charge in [-0.3, -0.25) is 9.09 Å². The van der Waals surface area contributed by atoms with Gasteiger partial charge in [0.1, 0.15) is 30.5 Å². The van der Waals surface area contributed by atoms with Crippen LogP contribution in [0.3, 0.4) is 0 Å². The predicted molar refractivity (Wildman–Crippen MR) is 285 cm³/mol. The number of nitrogens with zero attached hydrogens (tertiary/aromatic N) is 5. The van der Waals surface area contributed by atoms with E-state index in [1.807, 2.05) is 91.0 Å². The maximum atomic E-state index is 14.9. The second-order valence-electron chi connectivity index (χ2n) is 18.6. The maximum absolute atomic E-state index is 14.9. The summed E-state index contributed by atoms with van der Waals surface area (Å²) < 4.78 is 82.7. The highest BCUT2D eigenvalue weighted by molar-refractivity contribution is 7.53. The summed E-state index contributed by atoms with van der Waals surface area (Å²) in [5.74, 6) is -2.67. The molecule has 0 radical (unpaired) electrons. The Kier molecular flexibility index (Phi) is 20.5. The van der Waals surface area contributed by atoms with E-state index in [0.717, 1.165) is 16.7 Å². The number of esters is 3. The molecule has 0 spiro atoms. The van der Waals surface area contributed by atoms with Gasteiger partial charge in [0.05, 0.1) is 49.7 Å². The van der Waals surface area contributed by atoms with Gasteiger partial charge < -0.3 is 42.6 Å². The summed E-state index contributed by atoms with van der Waals surface area (Å²) in [6.45, 7) is -0.234. The summed E-state index contributed by atoms with van der Waals surface area (Å²) in [5, 5.41) is 4.22. The van der Waals surface area contributed by atoms with E-state index in [4.69, 9.17) is 47.2 Å². The fraction of sp³-hybridized carbons (Fsp3) is 0.328. The van der Waals surface area contributed by atoms with Gasteiger partial charge in [0.25, 0.3) is 0 Å². The molecule has 0 aromatic heterocycles. The fourth-order valence-corrected chi connectivity index (χ4v) is 10.3. The summed E-state index contributed by atoms with van der Waals surface area (Å²) in [6, 6.07) is 51.3. The third kappa shape index (κ3) is 14.9. The lowest BCUT2D eigenvalue weighted by molar-refractivity contribution is -0.312. The lowest BCUT2D eigenvalue weighted by Gasteiger charge is -2.47. The zero-order valence-electron chi connectivity index (χ0n) is 43.5. The van der Waals surface area contributed by atoms with Crippen molar-refractivity contribution in [2.75, 3.05) is 41.4 Å². The van der Waals surface area contributed by atoms with E-state index in [2.05, 4.69) is 10.0 Å². The Bertz CT molecular complexity index is 2920. The smallest absolute Gasteiger partial charge is 0.347 e. The predicted octanol–water partition coefficient (Wildman–Crippen LogP) is 9.44. The SMILES string of the molecule is CN(C)P(=O)(O[C@H]1O[C@H](CO[C@@H]2O[C@H](COCc3ccccc3)[C@@H](OCc3ccccc3)[C@H](OCc3ccccc3)[C@H]2N=[N+]=[N-])[C@@H](OC(=O)c2ccccc2)[C@H](OC(=O)c2ccccc2)[C@H]1OC(=O)c1ccccc1)N(C)C. The summed E-state index contributed by atoms with van der Waals surface area (Å²) in [4.78, 5) is 46.1. The van der Waals surface area contributed by atoms with E-state index in [-0.39, 0.29) is 43.1 Å². The van der Waals surface area contributed by atoms with Crippen LogP contribution in [0, 0.1) is 0 Å². The first kappa shape index (κ1) is 57.1. The lowest BCUT2D eigenvalue weighted by atomic mass is 9.96. The van der Waals surface area contributed by atoms with Crippen molar-refractivity contribution < 1.29 is 66.1 Å². The summed E-state index contributed by atoms with van der Waals surface area (Å²) in [5.41, 5.74) is 13.2. The molecule has 2 heterocycles. The molecule has 6 aromatic carbocycles. The molecular formula is C58H62N5O14P. The molecule has 0 bridgehead atoms. The second kappa shape index (κ2) is 28.0. The molecule has 19 nitrogen and oxygen atoms in total. The Labute approximate surface area is 452 Å². The van der Waals surface area contributed by atoms with Crippen molar-refractivity contribution >= 4 is 25.6 Å². The van der Waals surface area contributed by atoms with Gasteiger partial charge in [0, 0.05) is 4.91 Å². The van der Waals surface area contributed by atoms with Crippen molar-refractivity contribution in [3.05, 3.63) is 226 Å². The van der Waals surface area contributed by atoms with Crippen LogP contribution >= 0.6 is 7.67 Å². The molecule has 0 unspecified atom stereocenters. The molecule has 8 rings (SSSR count). The minimum atomic E-state index is -4.07. The molecule has 0 aliphatic carbocycles. The fourth-order valence-electron chi connectivity index (χ4n) is 8.81. The zero-order valence-corrected chi connectivity index (χ0v) is 44.4. The molecule has 2 aliphatic heterocycles.